The first kappa shape index (κ1) is 15.8. The second-order valence-corrected chi connectivity index (χ2v) is 6.07. The van der Waals surface area contributed by atoms with Gasteiger partial charge in [-0.15, -0.1) is 0 Å². The third-order valence-corrected chi connectivity index (χ3v) is 4.22. The molecular formula is C14H14N4O3S. The van der Waals surface area contributed by atoms with Crippen molar-refractivity contribution < 1.29 is 13.0 Å². The monoisotopic (exact) mass is 318 g/mol. The average Bonchev–Trinajstić information content (AvgIpc) is 2.44. The smallest absolute Gasteiger partial charge is 0.296 e. The Morgan fingerprint density at radius 2 is 1.91 bits per heavy atom. The number of aromatic nitrogens is 1. The van der Waals surface area contributed by atoms with Crippen LogP contribution < -0.4 is 11.1 Å². The molecule has 2 aromatic rings. The number of nitrogens with two attached hydrogens (primary N) is 1. The quantitative estimate of drug-likeness (QED) is 0.739. The van der Waals surface area contributed by atoms with E-state index < -0.39 is 10.1 Å². The largest absolute Gasteiger partial charge is 0.383 e. The van der Waals surface area contributed by atoms with Crippen molar-refractivity contribution in [2.75, 3.05) is 11.1 Å². The Bertz CT molecular complexity index is 886. The summed E-state index contributed by atoms with van der Waals surface area (Å²) < 4.78 is 32.0. The summed E-state index contributed by atoms with van der Waals surface area (Å²) in [5.41, 5.74) is 7.51. The number of nitriles is 1. The Labute approximate surface area is 128 Å². The van der Waals surface area contributed by atoms with Crippen molar-refractivity contribution in [1.82, 2.24) is 4.98 Å². The number of pyridine rings is 1. The highest BCUT2D eigenvalue weighted by molar-refractivity contribution is 7.86. The van der Waals surface area contributed by atoms with Gasteiger partial charge >= 0.3 is 0 Å². The molecule has 114 valence electrons. The molecule has 0 aliphatic heterocycles. The third kappa shape index (κ3) is 2.86. The van der Waals surface area contributed by atoms with Crippen molar-refractivity contribution in [3.63, 3.8) is 0 Å². The van der Waals surface area contributed by atoms with E-state index in [1.807, 2.05) is 6.07 Å². The molecule has 4 N–H and O–H groups in total. The average molecular weight is 318 g/mol. The molecule has 0 radical (unpaired) electrons. The Balaban J connectivity index is 2.57. The van der Waals surface area contributed by atoms with Crippen LogP contribution in [0.15, 0.2) is 29.2 Å². The number of para-hydroxylation sites is 1. The second kappa shape index (κ2) is 5.63. The van der Waals surface area contributed by atoms with Crippen LogP contribution in [0.3, 0.4) is 0 Å². The molecule has 0 aliphatic carbocycles. The summed E-state index contributed by atoms with van der Waals surface area (Å²) in [6.07, 6.45) is 0. The van der Waals surface area contributed by atoms with E-state index in [0.717, 1.165) is 0 Å². The van der Waals surface area contributed by atoms with Crippen LogP contribution in [0.25, 0.3) is 0 Å². The van der Waals surface area contributed by atoms with E-state index in [1.54, 1.807) is 19.9 Å². The lowest BCUT2D eigenvalue weighted by molar-refractivity contribution is 0.483. The summed E-state index contributed by atoms with van der Waals surface area (Å²) in [6.45, 7) is 3.47. The molecule has 0 fully saturated rings. The zero-order chi connectivity index (χ0) is 16.5. The number of nitrogens with one attached hydrogen (secondary N) is 1. The van der Waals surface area contributed by atoms with Crippen molar-refractivity contribution in [1.29, 1.82) is 5.26 Å². The number of nitrogens with zero attached hydrogens (tertiary/aromatic N) is 2. The maximum atomic E-state index is 11.4. The predicted molar refractivity (Wildman–Crippen MR) is 82.4 cm³/mol. The Morgan fingerprint density at radius 3 is 2.50 bits per heavy atom. The molecule has 0 spiro atoms. The van der Waals surface area contributed by atoms with Crippen LogP contribution in [0.5, 0.6) is 0 Å². The fourth-order valence-electron chi connectivity index (χ4n) is 2.00. The SMILES string of the molecule is Cc1c(Nc2ccccc2S(=O)(=O)O)nc(N)c(C#N)c1C. The van der Waals surface area contributed by atoms with E-state index in [2.05, 4.69) is 10.3 Å². The molecule has 0 saturated carbocycles. The molecule has 0 unspecified atom stereocenters. The van der Waals surface area contributed by atoms with Gasteiger partial charge in [-0.25, -0.2) is 4.98 Å². The van der Waals surface area contributed by atoms with Crippen molar-refractivity contribution in [3.05, 3.63) is 41.0 Å². The minimum absolute atomic E-state index is 0.0532. The van der Waals surface area contributed by atoms with E-state index in [9.17, 15) is 13.0 Å². The number of benzene rings is 1. The van der Waals surface area contributed by atoms with Gasteiger partial charge in [0.2, 0.25) is 0 Å². The van der Waals surface area contributed by atoms with E-state index in [4.69, 9.17) is 11.0 Å². The summed E-state index contributed by atoms with van der Waals surface area (Å²) >= 11 is 0. The van der Waals surface area contributed by atoms with Crippen LogP contribution in [-0.2, 0) is 10.1 Å². The van der Waals surface area contributed by atoms with Crippen molar-refractivity contribution >= 4 is 27.4 Å². The molecule has 0 aliphatic rings. The maximum absolute atomic E-state index is 11.4. The summed E-state index contributed by atoms with van der Waals surface area (Å²) in [6, 6.07) is 7.85. The molecule has 8 heteroatoms. The number of hydrogen-bond donors (Lipinski definition) is 3. The maximum Gasteiger partial charge on any atom is 0.296 e. The Morgan fingerprint density at radius 1 is 1.27 bits per heavy atom. The first-order chi connectivity index (χ1) is 10.3. The highest BCUT2D eigenvalue weighted by Crippen LogP contribution is 2.29. The lowest BCUT2D eigenvalue weighted by atomic mass is 10.1. The third-order valence-electron chi connectivity index (χ3n) is 3.31. The summed E-state index contributed by atoms with van der Waals surface area (Å²) in [5.74, 6) is 0.377. The van der Waals surface area contributed by atoms with Gasteiger partial charge in [0, 0.05) is 0 Å². The molecule has 0 atom stereocenters. The Kier molecular flexibility index (Phi) is 4.03. The number of anilines is 3. The van der Waals surface area contributed by atoms with Crippen LogP contribution in [0.1, 0.15) is 16.7 Å². The highest BCUT2D eigenvalue weighted by Gasteiger charge is 2.17. The van der Waals surface area contributed by atoms with Gasteiger partial charge in [0.25, 0.3) is 10.1 Å². The van der Waals surface area contributed by atoms with Crippen LogP contribution >= 0.6 is 0 Å². The molecule has 0 bridgehead atoms. The van der Waals surface area contributed by atoms with Gasteiger partial charge in [0.15, 0.2) is 0 Å². The number of rotatable bonds is 3. The van der Waals surface area contributed by atoms with Crippen molar-refractivity contribution in [2.24, 2.45) is 0 Å². The molecule has 2 rings (SSSR count). The van der Waals surface area contributed by atoms with Crippen molar-refractivity contribution in [3.8, 4) is 6.07 Å². The van der Waals surface area contributed by atoms with Crippen LogP contribution in [0, 0.1) is 25.2 Å². The normalized spacial score (nSPS) is 11.0. The molecule has 7 nitrogen and oxygen atoms in total. The lowest BCUT2D eigenvalue weighted by Crippen LogP contribution is -2.08. The van der Waals surface area contributed by atoms with Crippen LogP contribution in [0.2, 0.25) is 0 Å². The molecule has 0 amide bonds. The first-order valence-electron chi connectivity index (χ1n) is 6.26. The van der Waals surface area contributed by atoms with Gasteiger partial charge < -0.3 is 11.1 Å². The molecule has 22 heavy (non-hydrogen) atoms. The van der Waals surface area contributed by atoms with E-state index >= 15 is 0 Å². The topological polar surface area (TPSA) is 129 Å². The van der Waals surface area contributed by atoms with Crippen LogP contribution in [0.4, 0.5) is 17.3 Å². The molecule has 0 saturated heterocycles. The predicted octanol–water partition coefficient (Wildman–Crippen LogP) is 2.14. The molecule has 1 aromatic heterocycles. The molecular weight excluding hydrogens is 304 g/mol. The zero-order valence-corrected chi connectivity index (χ0v) is 12.8. The zero-order valence-electron chi connectivity index (χ0n) is 12.0. The van der Waals surface area contributed by atoms with Gasteiger partial charge in [-0.05, 0) is 37.1 Å². The van der Waals surface area contributed by atoms with Gasteiger partial charge in [-0.2, -0.15) is 13.7 Å². The van der Waals surface area contributed by atoms with Gasteiger partial charge in [0.05, 0.1) is 11.3 Å². The van der Waals surface area contributed by atoms with E-state index in [1.165, 1.54) is 18.2 Å². The van der Waals surface area contributed by atoms with Gasteiger partial charge in [-0.3, -0.25) is 4.55 Å². The minimum atomic E-state index is -4.37. The number of hydrogen-bond acceptors (Lipinski definition) is 6. The first-order valence-corrected chi connectivity index (χ1v) is 7.70. The lowest BCUT2D eigenvalue weighted by Gasteiger charge is -2.14. The standard InChI is InChI=1S/C14H14N4O3S/c1-8-9(2)14(18-13(16)10(8)7-15)17-11-5-3-4-6-12(11)22(19,20)21/h3-6H,1-2H3,(H3,16,17,18)(H,19,20,21). The van der Waals surface area contributed by atoms with Crippen molar-refractivity contribution in [2.45, 2.75) is 18.7 Å². The second-order valence-electron chi connectivity index (χ2n) is 4.68. The van der Waals surface area contributed by atoms with Gasteiger partial charge in [0.1, 0.15) is 22.6 Å². The fourth-order valence-corrected chi connectivity index (χ4v) is 2.65. The van der Waals surface area contributed by atoms with E-state index in [-0.39, 0.29) is 22.0 Å². The van der Waals surface area contributed by atoms with Crippen LogP contribution in [-0.4, -0.2) is 18.0 Å². The minimum Gasteiger partial charge on any atom is -0.383 e. The molecule has 1 aromatic carbocycles. The highest BCUT2D eigenvalue weighted by atomic mass is 32.2. The fraction of sp³-hybridized carbons (Fsp3) is 0.143. The van der Waals surface area contributed by atoms with Gasteiger partial charge in [-0.1, -0.05) is 12.1 Å². The molecule has 1 heterocycles. The Hall–Kier alpha value is -2.63. The summed E-state index contributed by atoms with van der Waals surface area (Å²) in [5, 5.41) is 11.9. The van der Waals surface area contributed by atoms with E-state index in [0.29, 0.717) is 16.9 Å². The summed E-state index contributed by atoms with van der Waals surface area (Å²) in [7, 11) is -4.37. The summed E-state index contributed by atoms with van der Waals surface area (Å²) in [4.78, 5) is 3.82. The number of nitrogen functional groups attached to an aromatic ring is 1.